The summed E-state index contributed by atoms with van der Waals surface area (Å²) in [6.45, 7) is 4.12. The van der Waals surface area contributed by atoms with Gasteiger partial charge in [0.05, 0.1) is 6.04 Å². The van der Waals surface area contributed by atoms with E-state index in [1.165, 1.54) is 25.0 Å². The van der Waals surface area contributed by atoms with E-state index in [4.69, 9.17) is 0 Å². The second-order valence-corrected chi connectivity index (χ2v) is 7.07. The fourth-order valence-corrected chi connectivity index (χ4v) is 4.43. The van der Waals surface area contributed by atoms with Crippen LogP contribution in [0.5, 0.6) is 0 Å². The normalized spacial score (nSPS) is 34.4. The van der Waals surface area contributed by atoms with Crippen LogP contribution in [0.25, 0.3) is 0 Å². The minimum absolute atomic E-state index is 0.0288. The van der Waals surface area contributed by atoms with Crippen molar-refractivity contribution in [2.45, 2.75) is 50.3 Å². The molecule has 3 nitrogen and oxygen atoms in total. The van der Waals surface area contributed by atoms with Gasteiger partial charge in [0.25, 0.3) is 0 Å². The zero-order valence-corrected chi connectivity index (χ0v) is 12.5. The van der Waals surface area contributed by atoms with Crippen LogP contribution in [0.3, 0.4) is 0 Å². The van der Waals surface area contributed by atoms with Crippen LogP contribution in [0, 0.1) is 5.92 Å². The van der Waals surface area contributed by atoms with Crippen LogP contribution >= 0.6 is 11.8 Å². The van der Waals surface area contributed by atoms with Crippen LogP contribution in [0.15, 0.2) is 0 Å². The number of nitrogens with zero attached hydrogens (tertiary/aromatic N) is 1. The molecule has 2 fully saturated rings. The first-order valence-corrected chi connectivity index (χ1v) is 8.35. The van der Waals surface area contributed by atoms with Crippen LogP contribution in [0.4, 0.5) is 0 Å². The molecule has 1 N–H and O–H groups in total. The fraction of sp³-hybridized carbons (Fsp3) is 0.929. The number of carbonyl (C=O) groups is 1. The monoisotopic (exact) mass is 270 g/mol. The van der Waals surface area contributed by atoms with Gasteiger partial charge >= 0.3 is 0 Å². The number of carbonyl (C=O) groups excluding carboxylic acids is 1. The van der Waals surface area contributed by atoms with Crippen LogP contribution in [-0.2, 0) is 4.79 Å². The van der Waals surface area contributed by atoms with Crippen LogP contribution < -0.4 is 5.32 Å². The Morgan fingerprint density at radius 2 is 2.17 bits per heavy atom. The lowest BCUT2D eigenvalue weighted by atomic mass is 9.98. The Bertz CT molecular complexity index is 279. The molecule has 4 heteroatoms. The highest BCUT2D eigenvalue weighted by Crippen LogP contribution is 2.27. The van der Waals surface area contributed by atoms with Gasteiger partial charge in [-0.1, -0.05) is 13.3 Å². The van der Waals surface area contributed by atoms with Crippen molar-refractivity contribution >= 4 is 17.7 Å². The molecule has 1 amide bonds. The lowest BCUT2D eigenvalue weighted by Gasteiger charge is -2.31. The SMILES string of the molecule is CNC1C(=O)N(CC2CCCCS2)CCCC1C. The molecule has 0 aromatic rings. The zero-order chi connectivity index (χ0) is 13.0. The third-order valence-electron chi connectivity index (χ3n) is 4.24. The maximum Gasteiger partial charge on any atom is 0.240 e. The fourth-order valence-electron chi connectivity index (χ4n) is 3.11. The smallest absolute Gasteiger partial charge is 0.240 e. The van der Waals surface area contributed by atoms with Crippen molar-refractivity contribution in [1.29, 1.82) is 0 Å². The third kappa shape index (κ3) is 3.41. The van der Waals surface area contributed by atoms with Crippen LogP contribution in [-0.4, -0.2) is 48.0 Å². The quantitative estimate of drug-likeness (QED) is 0.852. The topological polar surface area (TPSA) is 32.3 Å². The Morgan fingerprint density at radius 3 is 2.83 bits per heavy atom. The number of hydrogen-bond donors (Lipinski definition) is 1. The van der Waals surface area contributed by atoms with E-state index in [1.54, 1.807) is 0 Å². The summed E-state index contributed by atoms with van der Waals surface area (Å²) in [6, 6.07) is 0.0288. The molecule has 0 aromatic heterocycles. The summed E-state index contributed by atoms with van der Waals surface area (Å²) in [7, 11) is 1.91. The lowest BCUT2D eigenvalue weighted by molar-refractivity contribution is -0.133. The van der Waals surface area contributed by atoms with Gasteiger partial charge in [-0.3, -0.25) is 4.79 Å². The van der Waals surface area contributed by atoms with E-state index in [0.717, 1.165) is 25.9 Å². The number of amides is 1. The molecule has 0 saturated carbocycles. The Hall–Kier alpha value is -0.220. The molecule has 0 spiro atoms. The van der Waals surface area contributed by atoms with Crippen molar-refractivity contribution in [1.82, 2.24) is 10.2 Å². The van der Waals surface area contributed by atoms with E-state index >= 15 is 0 Å². The van der Waals surface area contributed by atoms with E-state index in [2.05, 4.69) is 28.9 Å². The highest BCUT2D eigenvalue weighted by Gasteiger charge is 2.32. The molecule has 0 radical (unpaired) electrons. The number of nitrogens with one attached hydrogen (secondary N) is 1. The van der Waals surface area contributed by atoms with Gasteiger partial charge in [-0.15, -0.1) is 0 Å². The molecular weight excluding hydrogens is 244 g/mol. The third-order valence-corrected chi connectivity index (χ3v) is 5.62. The molecule has 2 aliphatic heterocycles. The first-order valence-electron chi connectivity index (χ1n) is 7.30. The zero-order valence-electron chi connectivity index (χ0n) is 11.7. The molecule has 0 bridgehead atoms. The van der Waals surface area contributed by atoms with Gasteiger partial charge < -0.3 is 10.2 Å². The summed E-state index contributed by atoms with van der Waals surface area (Å²) >= 11 is 2.06. The Morgan fingerprint density at radius 1 is 1.33 bits per heavy atom. The second kappa shape index (κ2) is 6.80. The molecule has 2 rings (SSSR count). The summed E-state index contributed by atoms with van der Waals surface area (Å²) in [5, 5.41) is 3.89. The predicted molar refractivity (Wildman–Crippen MR) is 77.9 cm³/mol. The van der Waals surface area contributed by atoms with Gasteiger partial charge in [-0.2, -0.15) is 11.8 Å². The Kier molecular flexibility index (Phi) is 5.37. The van der Waals surface area contributed by atoms with Crippen molar-refractivity contribution in [2.24, 2.45) is 5.92 Å². The summed E-state index contributed by atoms with van der Waals surface area (Å²) in [6.07, 6.45) is 6.29. The van der Waals surface area contributed by atoms with Gasteiger partial charge in [0, 0.05) is 18.3 Å². The van der Waals surface area contributed by atoms with Crippen LogP contribution in [0.1, 0.15) is 39.0 Å². The molecule has 0 aliphatic carbocycles. The molecule has 2 aliphatic rings. The first-order chi connectivity index (χ1) is 8.72. The van der Waals surface area contributed by atoms with Gasteiger partial charge in [0.1, 0.15) is 0 Å². The number of likely N-dealkylation sites (N-methyl/N-ethyl adjacent to an activating group) is 1. The van der Waals surface area contributed by atoms with E-state index in [-0.39, 0.29) is 6.04 Å². The van der Waals surface area contributed by atoms with Crippen molar-refractivity contribution in [3.8, 4) is 0 Å². The predicted octanol–water partition coefficient (Wildman–Crippen LogP) is 2.12. The first kappa shape index (κ1) is 14.2. The van der Waals surface area contributed by atoms with Crippen molar-refractivity contribution in [3.05, 3.63) is 0 Å². The number of likely N-dealkylation sites (tertiary alicyclic amines) is 1. The number of hydrogen-bond acceptors (Lipinski definition) is 3. The van der Waals surface area contributed by atoms with Gasteiger partial charge in [-0.05, 0) is 44.4 Å². The summed E-state index contributed by atoms with van der Waals surface area (Å²) in [5.41, 5.74) is 0. The lowest BCUT2D eigenvalue weighted by Crippen LogP contribution is -2.48. The van der Waals surface area contributed by atoms with Crippen molar-refractivity contribution in [2.75, 3.05) is 25.9 Å². The Labute approximate surface area is 115 Å². The minimum Gasteiger partial charge on any atom is -0.340 e. The maximum absolute atomic E-state index is 12.5. The molecule has 3 unspecified atom stereocenters. The average Bonchev–Trinajstić information content (AvgIpc) is 2.51. The molecule has 2 saturated heterocycles. The van der Waals surface area contributed by atoms with E-state index in [0.29, 0.717) is 17.1 Å². The minimum atomic E-state index is 0.0288. The van der Waals surface area contributed by atoms with Gasteiger partial charge in [0.15, 0.2) is 0 Å². The van der Waals surface area contributed by atoms with E-state index in [1.807, 2.05) is 7.05 Å². The molecule has 2 heterocycles. The molecule has 104 valence electrons. The Balaban J connectivity index is 1.95. The summed E-state index contributed by atoms with van der Waals surface area (Å²) in [5.74, 6) is 2.07. The highest BCUT2D eigenvalue weighted by molar-refractivity contribution is 7.99. The largest absolute Gasteiger partial charge is 0.340 e. The van der Waals surface area contributed by atoms with Crippen molar-refractivity contribution in [3.63, 3.8) is 0 Å². The number of rotatable bonds is 3. The molecule has 0 aromatic carbocycles. The van der Waals surface area contributed by atoms with E-state index in [9.17, 15) is 4.79 Å². The van der Waals surface area contributed by atoms with Crippen molar-refractivity contribution < 1.29 is 4.79 Å². The molecule has 3 atom stereocenters. The highest BCUT2D eigenvalue weighted by atomic mass is 32.2. The number of thioether (sulfide) groups is 1. The van der Waals surface area contributed by atoms with E-state index < -0.39 is 0 Å². The van der Waals surface area contributed by atoms with Crippen LogP contribution in [0.2, 0.25) is 0 Å². The standard InChI is InChI=1S/C14H26N2OS/c1-11-6-5-8-16(14(17)13(11)15-2)10-12-7-3-4-9-18-12/h11-13,15H,3-10H2,1-2H3. The average molecular weight is 270 g/mol. The van der Waals surface area contributed by atoms with Gasteiger partial charge in [-0.25, -0.2) is 0 Å². The van der Waals surface area contributed by atoms with Gasteiger partial charge in [0.2, 0.25) is 5.91 Å². The molecule has 18 heavy (non-hydrogen) atoms. The molecular formula is C14H26N2OS. The maximum atomic E-state index is 12.5. The summed E-state index contributed by atoms with van der Waals surface area (Å²) in [4.78, 5) is 14.6. The summed E-state index contributed by atoms with van der Waals surface area (Å²) < 4.78 is 0. The second-order valence-electron chi connectivity index (χ2n) is 5.66.